The third-order valence-corrected chi connectivity index (χ3v) is 3.03. The quantitative estimate of drug-likeness (QED) is 0.802. The Bertz CT molecular complexity index is 588. The van der Waals surface area contributed by atoms with Crippen LogP contribution in [0, 0.1) is 6.08 Å². The van der Waals surface area contributed by atoms with E-state index in [2.05, 4.69) is 28.6 Å². The summed E-state index contributed by atoms with van der Waals surface area (Å²) in [5.74, 6) is 0. The fourth-order valence-electron chi connectivity index (χ4n) is 1.93. The fraction of sp³-hybridized carbons (Fsp3) is 0.0667. The van der Waals surface area contributed by atoms with Gasteiger partial charge in [0.25, 0.3) is 0 Å². The molecule has 1 N–H and O–H groups in total. The van der Waals surface area contributed by atoms with Crippen molar-refractivity contribution in [3.05, 3.63) is 77.3 Å². The Morgan fingerprint density at radius 1 is 1.26 bits per heavy atom. The second-order valence-electron chi connectivity index (χ2n) is 4.12. The van der Waals surface area contributed by atoms with Crippen LogP contribution in [0.1, 0.15) is 0 Å². The number of halogens is 2. The van der Waals surface area contributed by atoms with Gasteiger partial charge in [0, 0.05) is 16.9 Å². The molecule has 2 aliphatic heterocycles. The molecule has 0 bridgehead atoms. The minimum Gasteiger partial charge on any atom is -1.00 e. The monoisotopic (exact) mass is 334 g/mol. The minimum atomic E-state index is 0. The maximum Gasteiger partial charge on any atom is 0.211 e. The van der Waals surface area contributed by atoms with Gasteiger partial charge in [-0.2, -0.15) is 0 Å². The molecule has 0 spiro atoms. The van der Waals surface area contributed by atoms with Crippen molar-refractivity contribution in [3.63, 3.8) is 0 Å². The van der Waals surface area contributed by atoms with Crippen LogP contribution in [0.5, 0.6) is 0 Å². The van der Waals surface area contributed by atoms with Crippen LogP contribution in [-0.4, -0.2) is 11.4 Å². The fourth-order valence-corrected chi connectivity index (χ4v) is 2.12. The molecule has 19 heavy (non-hydrogen) atoms. The molecule has 2 heterocycles. The first-order chi connectivity index (χ1) is 8.81. The van der Waals surface area contributed by atoms with Crippen LogP contribution >= 0.6 is 11.6 Å². The molecule has 0 atom stereocenters. The second kappa shape index (κ2) is 6.07. The lowest BCUT2D eigenvalue weighted by Gasteiger charge is -2.19. The summed E-state index contributed by atoms with van der Waals surface area (Å²) in [7, 11) is 0. The average Bonchev–Trinajstić information content (AvgIpc) is 2.39. The molecule has 0 aromatic heterocycles. The number of nitrogens with one attached hydrogen (secondary N) is 1. The predicted molar refractivity (Wildman–Crippen MR) is 74.9 cm³/mol. The summed E-state index contributed by atoms with van der Waals surface area (Å²) in [4.78, 5) is 2.14. The normalized spacial score (nSPS) is 15.7. The van der Waals surface area contributed by atoms with Crippen molar-refractivity contribution in [2.24, 2.45) is 0 Å². The predicted octanol–water partition coefficient (Wildman–Crippen LogP) is 0.726. The van der Waals surface area contributed by atoms with E-state index >= 15 is 0 Å². The van der Waals surface area contributed by atoms with Crippen LogP contribution in [-0.2, 0) is 0 Å². The molecule has 2 nitrogen and oxygen atoms in total. The summed E-state index contributed by atoms with van der Waals surface area (Å²) in [5.41, 5.74) is 3.03. The highest BCUT2D eigenvalue weighted by Crippen LogP contribution is 2.21. The first-order valence-electron chi connectivity index (χ1n) is 5.79. The summed E-state index contributed by atoms with van der Waals surface area (Å²) >= 11 is 5.96. The molecule has 0 saturated carbocycles. The molecule has 3 rings (SSSR count). The van der Waals surface area contributed by atoms with Gasteiger partial charge in [-0.15, -0.1) is 0 Å². The van der Waals surface area contributed by atoms with Crippen molar-refractivity contribution in [2.45, 2.75) is 0 Å². The Hall–Kier alpha value is -1.54. The van der Waals surface area contributed by atoms with Gasteiger partial charge in [0.05, 0.1) is 24.8 Å². The molecule has 0 aliphatic carbocycles. The van der Waals surface area contributed by atoms with Gasteiger partial charge in [-0.3, -0.25) is 0 Å². The number of rotatable bonds is 2. The molecule has 0 saturated heterocycles. The van der Waals surface area contributed by atoms with Crippen LogP contribution < -0.4 is 22.3 Å². The van der Waals surface area contributed by atoms with Crippen LogP contribution in [0.25, 0.3) is 0 Å². The van der Waals surface area contributed by atoms with Gasteiger partial charge in [0.1, 0.15) is 0 Å². The summed E-state index contributed by atoms with van der Waals surface area (Å²) < 4.78 is 0. The van der Waals surface area contributed by atoms with Crippen molar-refractivity contribution < 1.29 is 17.0 Å². The summed E-state index contributed by atoms with van der Waals surface area (Å²) in [6.45, 7) is 0.853. The molecule has 4 heteroatoms. The Morgan fingerprint density at radius 2 is 2.16 bits per heavy atom. The summed E-state index contributed by atoms with van der Waals surface area (Å²) in [6.07, 6.45) is 13.6. The van der Waals surface area contributed by atoms with E-state index in [1.165, 1.54) is 0 Å². The van der Waals surface area contributed by atoms with E-state index in [0.717, 1.165) is 28.6 Å². The average molecular weight is 336 g/mol. The number of hydrogen-bond acceptors (Lipinski definition) is 2. The zero-order valence-corrected chi connectivity index (χ0v) is 12.4. The number of fused-ring (bicyclic) bond motifs is 1. The van der Waals surface area contributed by atoms with Crippen molar-refractivity contribution in [1.29, 1.82) is 0 Å². The highest BCUT2D eigenvalue weighted by atomic mass is 79.9. The number of benzene rings is 1. The van der Waals surface area contributed by atoms with Crippen molar-refractivity contribution in [3.8, 4) is 0 Å². The van der Waals surface area contributed by atoms with E-state index in [9.17, 15) is 0 Å². The molecule has 0 unspecified atom stereocenters. The van der Waals surface area contributed by atoms with Gasteiger partial charge >= 0.3 is 0 Å². The van der Waals surface area contributed by atoms with Crippen molar-refractivity contribution in [2.75, 3.05) is 11.9 Å². The lowest BCUT2D eigenvalue weighted by atomic mass is 10.1. The zero-order chi connectivity index (χ0) is 12.4. The van der Waals surface area contributed by atoms with E-state index in [4.69, 9.17) is 11.6 Å². The minimum absolute atomic E-state index is 0. The van der Waals surface area contributed by atoms with Crippen LogP contribution in [0.4, 0.5) is 5.69 Å². The smallest absolute Gasteiger partial charge is 0.211 e. The molecule has 96 valence electrons. The molecule has 1 aromatic rings. The van der Waals surface area contributed by atoms with Crippen molar-refractivity contribution in [1.82, 2.24) is 4.90 Å². The largest absolute Gasteiger partial charge is 1.00 e. The van der Waals surface area contributed by atoms with Crippen LogP contribution in [0.2, 0.25) is 5.02 Å². The van der Waals surface area contributed by atoms with E-state index in [1.54, 1.807) is 0 Å². The third kappa shape index (κ3) is 3.27. The Labute approximate surface area is 128 Å². The van der Waals surface area contributed by atoms with E-state index < -0.39 is 0 Å². The molecule has 1 aromatic carbocycles. The highest BCUT2D eigenvalue weighted by molar-refractivity contribution is 6.30. The molecular formula is C15H12BrClN2. The molecule has 0 fully saturated rings. The van der Waals surface area contributed by atoms with E-state index in [0.29, 0.717) is 0 Å². The SMILES string of the molecule is Clc1cccc(NC2=CCN3C=CC=CC3=[C+]2)c1.[Br-]. The molecule has 0 amide bonds. The van der Waals surface area contributed by atoms with Crippen LogP contribution in [0.3, 0.4) is 0 Å². The van der Waals surface area contributed by atoms with E-state index in [1.807, 2.05) is 42.5 Å². The van der Waals surface area contributed by atoms with Gasteiger partial charge in [0.15, 0.2) is 0 Å². The van der Waals surface area contributed by atoms with Gasteiger partial charge in [-0.1, -0.05) is 17.7 Å². The molecule has 2 aliphatic rings. The molecular weight excluding hydrogens is 324 g/mol. The Morgan fingerprint density at radius 3 is 3.00 bits per heavy atom. The standard InChI is InChI=1S/C15H12ClN2.BrH/c16-12-4-3-5-13(10-12)17-14-7-9-18-8-2-1-6-15(18)11-14;/h1-8,10,17H,9H2;1H/q+1;/p-1. The van der Waals surface area contributed by atoms with Crippen LogP contribution in [0.15, 0.2) is 66.2 Å². The Kier molecular flexibility index (Phi) is 4.43. The molecule has 0 radical (unpaired) electrons. The van der Waals surface area contributed by atoms with Crippen molar-refractivity contribution >= 4 is 17.3 Å². The highest BCUT2D eigenvalue weighted by Gasteiger charge is 2.20. The Balaban J connectivity index is 0.00000133. The number of anilines is 1. The number of nitrogens with zero attached hydrogens (tertiary/aromatic N) is 1. The maximum atomic E-state index is 5.96. The third-order valence-electron chi connectivity index (χ3n) is 2.80. The lowest BCUT2D eigenvalue weighted by Crippen LogP contribution is -3.00. The van der Waals surface area contributed by atoms with Gasteiger partial charge in [-0.25, -0.2) is 0 Å². The second-order valence-corrected chi connectivity index (χ2v) is 4.55. The van der Waals surface area contributed by atoms with Gasteiger partial charge in [0.2, 0.25) is 11.4 Å². The number of hydrogen-bond donors (Lipinski definition) is 1. The van der Waals surface area contributed by atoms with E-state index in [-0.39, 0.29) is 17.0 Å². The summed E-state index contributed by atoms with van der Waals surface area (Å²) in [6, 6.07) is 7.68. The summed E-state index contributed by atoms with van der Waals surface area (Å²) in [5, 5.41) is 4.04. The first kappa shape index (κ1) is 13.9. The topological polar surface area (TPSA) is 15.3 Å². The first-order valence-corrected chi connectivity index (χ1v) is 6.17. The van der Waals surface area contributed by atoms with Gasteiger partial charge in [-0.05, 0) is 30.4 Å². The number of allylic oxidation sites excluding steroid dienone is 4. The lowest BCUT2D eigenvalue weighted by molar-refractivity contribution is -0.00000342. The zero-order valence-electron chi connectivity index (χ0n) is 10.1. The maximum absolute atomic E-state index is 5.96. The van der Waals surface area contributed by atoms with Gasteiger partial charge < -0.3 is 27.2 Å².